The summed E-state index contributed by atoms with van der Waals surface area (Å²) in [6, 6.07) is 3.33. The van der Waals surface area contributed by atoms with Gasteiger partial charge >= 0.3 is 0 Å². The molecule has 2 N–H and O–H groups in total. The number of imide groups is 1. The summed E-state index contributed by atoms with van der Waals surface area (Å²) >= 11 is 0. The molecule has 5 heteroatoms. The molecule has 1 aliphatic rings. The van der Waals surface area contributed by atoms with Gasteiger partial charge < -0.3 is 5.32 Å². The standard InChI is InChI=1S/C10H11N3O2/c14-9-5-8(10(15)13-9)12-6-7-1-3-11-4-2-7/h1-4,8,12H,5-6H2,(H,13,14,15)/t8-/m1/s1. The van der Waals surface area contributed by atoms with Gasteiger partial charge in [0, 0.05) is 18.9 Å². The van der Waals surface area contributed by atoms with E-state index in [0.717, 1.165) is 5.56 Å². The Kier molecular flexibility index (Phi) is 2.73. The molecule has 0 unspecified atom stereocenters. The second kappa shape index (κ2) is 4.18. The van der Waals surface area contributed by atoms with Crippen molar-refractivity contribution in [2.24, 2.45) is 0 Å². The van der Waals surface area contributed by atoms with Crippen LogP contribution in [0.1, 0.15) is 12.0 Å². The van der Waals surface area contributed by atoms with Gasteiger partial charge in [0.2, 0.25) is 11.8 Å². The third kappa shape index (κ3) is 2.38. The molecule has 2 amide bonds. The van der Waals surface area contributed by atoms with Gasteiger partial charge in [0.15, 0.2) is 0 Å². The highest BCUT2D eigenvalue weighted by molar-refractivity contribution is 6.05. The van der Waals surface area contributed by atoms with E-state index in [9.17, 15) is 9.59 Å². The van der Waals surface area contributed by atoms with Crippen LogP contribution in [0.5, 0.6) is 0 Å². The Hall–Kier alpha value is -1.75. The molecule has 15 heavy (non-hydrogen) atoms. The Morgan fingerprint density at radius 1 is 1.40 bits per heavy atom. The number of carbonyl (C=O) groups is 2. The Morgan fingerprint density at radius 2 is 2.13 bits per heavy atom. The van der Waals surface area contributed by atoms with Crippen molar-refractivity contribution >= 4 is 11.8 Å². The second-order valence-electron chi connectivity index (χ2n) is 3.41. The predicted octanol–water partition coefficient (Wildman–Crippen LogP) is -0.414. The van der Waals surface area contributed by atoms with E-state index in [2.05, 4.69) is 15.6 Å². The first kappa shape index (κ1) is 9.79. The Labute approximate surface area is 86.9 Å². The van der Waals surface area contributed by atoms with Crippen LogP contribution in [-0.4, -0.2) is 22.8 Å². The van der Waals surface area contributed by atoms with Crippen molar-refractivity contribution in [3.8, 4) is 0 Å². The zero-order valence-corrected chi connectivity index (χ0v) is 8.06. The molecule has 78 valence electrons. The third-order valence-electron chi connectivity index (χ3n) is 2.27. The zero-order valence-electron chi connectivity index (χ0n) is 8.06. The van der Waals surface area contributed by atoms with Gasteiger partial charge in [-0.1, -0.05) is 0 Å². The van der Waals surface area contributed by atoms with E-state index in [4.69, 9.17) is 0 Å². The van der Waals surface area contributed by atoms with Gasteiger partial charge in [-0.05, 0) is 17.7 Å². The van der Waals surface area contributed by atoms with Crippen molar-refractivity contribution in [3.05, 3.63) is 30.1 Å². The third-order valence-corrected chi connectivity index (χ3v) is 2.27. The lowest BCUT2D eigenvalue weighted by molar-refractivity contribution is -0.125. The highest BCUT2D eigenvalue weighted by Crippen LogP contribution is 2.03. The number of carbonyl (C=O) groups excluding carboxylic acids is 2. The van der Waals surface area contributed by atoms with Crippen molar-refractivity contribution in [2.75, 3.05) is 0 Å². The second-order valence-corrected chi connectivity index (χ2v) is 3.41. The number of hydrogen-bond acceptors (Lipinski definition) is 4. The lowest BCUT2D eigenvalue weighted by atomic mass is 10.2. The molecule has 1 aromatic rings. The van der Waals surface area contributed by atoms with Gasteiger partial charge in [-0.15, -0.1) is 0 Å². The number of nitrogens with one attached hydrogen (secondary N) is 2. The molecule has 1 atom stereocenters. The average molecular weight is 205 g/mol. The number of rotatable bonds is 3. The van der Waals surface area contributed by atoms with Gasteiger partial charge in [0.25, 0.3) is 0 Å². The molecule has 0 spiro atoms. The largest absolute Gasteiger partial charge is 0.301 e. The molecule has 0 radical (unpaired) electrons. The van der Waals surface area contributed by atoms with Crippen LogP contribution in [0.15, 0.2) is 24.5 Å². The van der Waals surface area contributed by atoms with E-state index in [0.29, 0.717) is 6.54 Å². The first-order chi connectivity index (χ1) is 7.25. The molecular weight excluding hydrogens is 194 g/mol. The molecule has 2 rings (SSSR count). The summed E-state index contributed by atoms with van der Waals surface area (Å²) in [4.78, 5) is 26.0. The molecule has 0 bridgehead atoms. The minimum absolute atomic E-state index is 0.216. The maximum Gasteiger partial charge on any atom is 0.244 e. The fourth-order valence-corrected chi connectivity index (χ4v) is 1.46. The first-order valence-electron chi connectivity index (χ1n) is 4.71. The lowest BCUT2D eigenvalue weighted by Crippen LogP contribution is -2.35. The maximum absolute atomic E-state index is 11.2. The molecule has 1 aromatic heterocycles. The number of nitrogens with zero attached hydrogens (tertiary/aromatic N) is 1. The Bertz CT molecular complexity index is 378. The molecule has 0 aliphatic carbocycles. The van der Waals surface area contributed by atoms with Crippen molar-refractivity contribution in [3.63, 3.8) is 0 Å². The zero-order chi connectivity index (χ0) is 10.7. The van der Waals surface area contributed by atoms with Gasteiger partial charge in [0.1, 0.15) is 0 Å². The van der Waals surface area contributed by atoms with Crippen LogP contribution in [0.3, 0.4) is 0 Å². The van der Waals surface area contributed by atoms with E-state index >= 15 is 0 Å². The molecule has 2 heterocycles. The summed E-state index contributed by atoms with van der Waals surface area (Å²) in [5, 5.41) is 5.27. The summed E-state index contributed by atoms with van der Waals surface area (Å²) in [5.74, 6) is -0.457. The van der Waals surface area contributed by atoms with Crippen molar-refractivity contribution in [2.45, 2.75) is 19.0 Å². The SMILES string of the molecule is O=C1C[C@@H](NCc2ccncc2)C(=O)N1. The van der Waals surface area contributed by atoms with Crippen molar-refractivity contribution < 1.29 is 9.59 Å². The van der Waals surface area contributed by atoms with E-state index in [-0.39, 0.29) is 18.2 Å². The number of aromatic nitrogens is 1. The average Bonchev–Trinajstić information content (AvgIpc) is 2.56. The maximum atomic E-state index is 11.2. The topological polar surface area (TPSA) is 71.1 Å². The highest BCUT2D eigenvalue weighted by Gasteiger charge is 2.29. The molecule has 0 saturated carbocycles. The predicted molar refractivity (Wildman–Crippen MR) is 52.6 cm³/mol. The van der Waals surface area contributed by atoms with E-state index < -0.39 is 6.04 Å². The van der Waals surface area contributed by atoms with Crippen LogP contribution in [0.2, 0.25) is 0 Å². The van der Waals surface area contributed by atoms with Gasteiger partial charge in [-0.25, -0.2) is 0 Å². The molecular formula is C10H11N3O2. The molecule has 0 aromatic carbocycles. The van der Waals surface area contributed by atoms with Crippen molar-refractivity contribution in [1.29, 1.82) is 0 Å². The summed E-state index contributed by atoms with van der Waals surface area (Å²) in [6.45, 7) is 0.563. The van der Waals surface area contributed by atoms with E-state index in [1.54, 1.807) is 12.4 Å². The Morgan fingerprint density at radius 3 is 2.73 bits per heavy atom. The summed E-state index contributed by atoms with van der Waals surface area (Å²) in [7, 11) is 0. The van der Waals surface area contributed by atoms with E-state index in [1.165, 1.54) is 0 Å². The molecule has 1 saturated heterocycles. The van der Waals surface area contributed by atoms with Crippen LogP contribution in [0, 0.1) is 0 Å². The summed E-state index contributed by atoms with van der Waals surface area (Å²) < 4.78 is 0. The van der Waals surface area contributed by atoms with Crippen LogP contribution in [-0.2, 0) is 16.1 Å². The highest BCUT2D eigenvalue weighted by atomic mass is 16.2. The van der Waals surface area contributed by atoms with Crippen LogP contribution in [0.25, 0.3) is 0 Å². The molecule has 1 aliphatic heterocycles. The fourth-order valence-electron chi connectivity index (χ4n) is 1.46. The van der Waals surface area contributed by atoms with E-state index in [1.807, 2.05) is 12.1 Å². The van der Waals surface area contributed by atoms with Gasteiger partial charge in [-0.3, -0.25) is 19.9 Å². The smallest absolute Gasteiger partial charge is 0.244 e. The van der Waals surface area contributed by atoms with Crippen molar-refractivity contribution in [1.82, 2.24) is 15.6 Å². The lowest BCUT2D eigenvalue weighted by Gasteiger charge is -2.08. The van der Waals surface area contributed by atoms with Gasteiger partial charge in [0.05, 0.1) is 12.5 Å². The van der Waals surface area contributed by atoms with Crippen LogP contribution < -0.4 is 10.6 Å². The van der Waals surface area contributed by atoms with Gasteiger partial charge in [-0.2, -0.15) is 0 Å². The number of hydrogen-bond donors (Lipinski definition) is 2. The number of pyridine rings is 1. The summed E-state index contributed by atoms with van der Waals surface area (Å²) in [6.07, 6.45) is 3.61. The fraction of sp³-hybridized carbons (Fsp3) is 0.300. The minimum Gasteiger partial charge on any atom is -0.301 e. The van der Waals surface area contributed by atoms with Crippen LogP contribution in [0.4, 0.5) is 0 Å². The van der Waals surface area contributed by atoms with Crippen LogP contribution >= 0.6 is 0 Å². The summed E-state index contributed by atoms with van der Waals surface area (Å²) in [5.41, 5.74) is 1.04. The number of amides is 2. The quantitative estimate of drug-likeness (QED) is 0.658. The molecule has 1 fully saturated rings. The minimum atomic E-state index is -0.398. The normalized spacial score (nSPS) is 20.4. The first-order valence-corrected chi connectivity index (χ1v) is 4.71. The monoisotopic (exact) mass is 205 g/mol. The Balaban J connectivity index is 1.89. The molecule has 5 nitrogen and oxygen atoms in total.